The van der Waals surface area contributed by atoms with Crippen LogP contribution in [-0.2, 0) is 6.42 Å². The van der Waals surface area contributed by atoms with Gasteiger partial charge in [0, 0.05) is 6.04 Å². The van der Waals surface area contributed by atoms with Crippen molar-refractivity contribution in [3.8, 4) is 0 Å². The van der Waals surface area contributed by atoms with Crippen LogP contribution in [0.3, 0.4) is 0 Å². The van der Waals surface area contributed by atoms with Crippen molar-refractivity contribution in [3.63, 3.8) is 0 Å². The molecule has 0 heterocycles. The highest BCUT2D eigenvalue weighted by molar-refractivity contribution is 5.18. The molecule has 0 saturated heterocycles. The predicted molar refractivity (Wildman–Crippen MR) is 81.2 cm³/mol. The number of rotatable bonds is 7. The molecule has 1 aromatic carbocycles. The Balaban J connectivity index is 1.58. The molecule has 2 aliphatic rings. The summed E-state index contributed by atoms with van der Waals surface area (Å²) in [5.74, 6) is 1.44. The fraction of sp³-hybridized carbons (Fsp3) is 0.667. The monoisotopic (exact) mass is 275 g/mol. The Hall–Kier alpha value is -0.890. The van der Waals surface area contributed by atoms with Crippen LogP contribution in [0.5, 0.6) is 0 Å². The minimum atomic E-state index is -0.0321. The normalized spacial score (nSPS) is 21.2. The van der Waals surface area contributed by atoms with Crippen molar-refractivity contribution >= 4 is 0 Å². The number of benzene rings is 1. The molecule has 110 valence electrons. The van der Waals surface area contributed by atoms with Gasteiger partial charge in [0.2, 0.25) is 0 Å². The predicted octanol–water partition coefficient (Wildman–Crippen LogP) is 4.32. The van der Waals surface area contributed by atoms with Crippen LogP contribution >= 0.6 is 0 Å². The SMILES string of the molecule is Fc1ccccc1CC(CNC1CC1)CC1CCCC1. The molecule has 0 radical (unpaired) electrons. The first kappa shape index (κ1) is 14.1. The van der Waals surface area contributed by atoms with Crippen LogP contribution in [0.2, 0.25) is 0 Å². The summed E-state index contributed by atoms with van der Waals surface area (Å²) in [6.45, 7) is 1.06. The van der Waals surface area contributed by atoms with Crippen molar-refractivity contribution in [1.82, 2.24) is 5.32 Å². The molecule has 2 fully saturated rings. The van der Waals surface area contributed by atoms with Gasteiger partial charge in [0.05, 0.1) is 0 Å². The zero-order valence-electron chi connectivity index (χ0n) is 12.3. The van der Waals surface area contributed by atoms with E-state index in [1.165, 1.54) is 44.9 Å². The Bertz CT molecular complexity index is 421. The molecule has 0 aliphatic heterocycles. The molecule has 2 saturated carbocycles. The number of nitrogens with one attached hydrogen (secondary N) is 1. The lowest BCUT2D eigenvalue weighted by molar-refractivity contribution is 0.353. The minimum absolute atomic E-state index is 0.0321. The Morgan fingerprint density at radius 2 is 1.85 bits per heavy atom. The lowest BCUT2D eigenvalue weighted by atomic mass is 9.88. The van der Waals surface area contributed by atoms with Crippen LogP contribution in [-0.4, -0.2) is 12.6 Å². The fourth-order valence-corrected chi connectivity index (χ4v) is 3.55. The van der Waals surface area contributed by atoms with E-state index in [2.05, 4.69) is 5.32 Å². The third-order valence-corrected chi connectivity index (χ3v) is 4.88. The molecule has 2 heteroatoms. The van der Waals surface area contributed by atoms with E-state index in [4.69, 9.17) is 0 Å². The van der Waals surface area contributed by atoms with Crippen LogP contribution < -0.4 is 5.32 Å². The van der Waals surface area contributed by atoms with E-state index in [1.54, 1.807) is 12.1 Å². The molecule has 1 N–H and O–H groups in total. The molecule has 1 unspecified atom stereocenters. The summed E-state index contributed by atoms with van der Waals surface area (Å²) in [4.78, 5) is 0. The molecule has 20 heavy (non-hydrogen) atoms. The Kier molecular flexibility index (Phi) is 4.72. The zero-order chi connectivity index (χ0) is 13.8. The van der Waals surface area contributed by atoms with E-state index in [1.807, 2.05) is 12.1 Å². The van der Waals surface area contributed by atoms with Crippen molar-refractivity contribution in [2.75, 3.05) is 6.54 Å². The molecule has 0 spiro atoms. The maximum absolute atomic E-state index is 13.9. The first-order valence-corrected chi connectivity index (χ1v) is 8.28. The highest BCUT2D eigenvalue weighted by atomic mass is 19.1. The highest BCUT2D eigenvalue weighted by Gasteiger charge is 2.25. The third-order valence-electron chi connectivity index (χ3n) is 4.88. The van der Waals surface area contributed by atoms with Gasteiger partial charge in [0.1, 0.15) is 5.82 Å². The van der Waals surface area contributed by atoms with Gasteiger partial charge in [-0.05, 0) is 55.7 Å². The van der Waals surface area contributed by atoms with Crippen molar-refractivity contribution in [1.29, 1.82) is 0 Å². The van der Waals surface area contributed by atoms with Crippen molar-refractivity contribution in [2.45, 2.75) is 57.4 Å². The summed E-state index contributed by atoms with van der Waals surface area (Å²) in [5.41, 5.74) is 0.896. The standard InChI is InChI=1S/C18H26FN/c19-18-8-4-3-7-16(18)12-15(13-20-17-9-10-17)11-14-5-1-2-6-14/h3-4,7-8,14-15,17,20H,1-2,5-6,9-13H2. The lowest BCUT2D eigenvalue weighted by Gasteiger charge is -2.21. The van der Waals surface area contributed by atoms with Gasteiger partial charge >= 0.3 is 0 Å². The van der Waals surface area contributed by atoms with Gasteiger partial charge < -0.3 is 5.32 Å². The fourth-order valence-electron chi connectivity index (χ4n) is 3.55. The van der Waals surface area contributed by atoms with Gasteiger partial charge in [-0.3, -0.25) is 0 Å². The van der Waals surface area contributed by atoms with Gasteiger partial charge in [0.15, 0.2) is 0 Å². The van der Waals surface area contributed by atoms with Crippen molar-refractivity contribution in [2.24, 2.45) is 11.8 Å². The van der Waals surface area contributed by atoms with Gasteiger partial charge in [-0.2, -0.15) is 0 Å². The van der Waals surface area contributed by atoms with E-state index >= 15 is 0 Å². The summed E-state index contributed by atoms with van der Waals surface area (Å²) in [5, 5.41) is 3.65. The van der Waals surface area contributed by atoms with E-state index in [9.17, 15) is 4.39 Å². The molecule has 0 bridgehead atoms. The summed E-state index contributed by atoms with van der Waals surface area (Å²) in [6.07, 6.45) is 10.4. The van der Waals surface area contributed by atoms with Gasteiger partial charge in [-0.25, -0.2) is 4.39 Å². The second-order valence-corrected chi connectivity index (χ2v) is 6.73. The molecule has 1 atom stereocenters. The van der Waals surface area contributed by atoms with E-state index in [-0.39, 0.29) is 5.82 Å². The van der Waals surface area contributed by atoms with E-state index < -0.39 is 0 Å². The lowest BCUT2D eigenvalue weighted by Crippen LogP contribution is -2.27. The largest absolute Gasteiger partial charge is 0.314 e. The Morgan fingerprint density at radius 1 is 1.10 bits per heavy atom. The van der Waals surface area contributed by atoms with E-state index in [0.717, 1.165) is 30.5 Å². The average Bonchev–Trinajstić information content (AvgIpc) is 3.15. The molecular weight excluding hydrogens is 249 g/mol. The van der Waals surface area contributed by atoms with Crippen LogP contribution in [0.25, 0.3) is 0 Å². The van der Waals surface area contributed by atoms with Crippen molar-refractivity contribution < 1.29 is 4.39 Å². The minimum Gasteiger partial charge on any atom is -0.314 e. The van der Waals surface area contributed by atoms with Crippen LogP contribution in [0.4, 0.5) is 4.39 Å². The van der Waals surface area contributed by atoms with Crippen molar-refractivity contribution in [3.05, 3.63) is 35.6 Å². The van der Waals surface area contributed by atoms with E-state index in [0.29, 0.717) is 5.92 Å². The summed E-state index contributed by atoms with van der Waals surface area (Å²) in [7, 11) is 0. The zero-order valence-corrected chi connectivity index (χ0v) is 12.3. The van der Waals surface area contributed by atoms with Crippen LogP contribution in [0.1, 0.15) is 50.5 Å². The van der Waals surface area contributed by atoms with Gasteiger partial charge in [0.25, 0.3) is 0 Å². The average molecular weight is 275 g/mol. The van der Waals surface area contributed by atoms with Gasteiger partial charge in [-0.1, -0.05) is 43.9 Å². The molecule has 0 amide bonds. The maximum Gasteiger partial charge on any atom is 0.126 e. The maximum atomic E-state index is 13.9. The summed E-state index contributed by atoms with van der Waals surface area (Å²) >= 11 is 0. The van der Waals surface area contributed by atoms with Crippen LogP contribution in [0.15, 0.2) is 24.3 Å². The number of hydrogen-bond donors (Lipinski definition) is 1. The Morgan fingerprint density at radius 3 is 2.55 bits per heavy atom. The molecular formula is C18H26FN. The molecule has 1 aromatic rings. The molecule has 3 rings (SSSR count). The first-order valence-electron chi connectivity index (χ1n) is 8.28. The number of halogens is 1. The third kappa shape index (κ3) is 4.05. The summed E-state index contributed by atoms with van der Waals surface area (Å²) in [6, 6.07) is 8.04. The van der Waals surface area contributed by atoms with Crippen LogP contribution in [0, 0.1) is 17.7 Å². The molecule has 0 aromatic heterocycles. The summed E-state index contributed by atoms with van der Waals surface area (Å²) < 4.78 is 13.9. The smallest absolute Gasteiger partial charge is 0.126 e. The van der Waals surface area contributed by atoms with Gasteiger partial charge in [-0.15, -0.1) is 0 Å². The number of hydrogen-bond acceptors (Lipinski definition) is 1. The quantitative estimate of drug-likeness (QED) is 0.781. The second-order valence-electron chi connectivity index (χ2n) is 6.73. The molecule has 1 nitrogen and oxygen atoms in total. The first-order chi connectivity index (χ1) is 9.81. The topological polar surface area (TPSA) is 12.0 Å². The second kappa shape index (κ2) is 6.71. The molecule has 2 aliphatic carbocycles. The Labute approximate surface area is 122 Å². The highest BCUT2D eigenvalue weighted by Crippen LogP contribution is 2.32.